The van der Waals surface area contributed by atoms with Crippen molar-refractivity contribution >= 4 is 23.3 Å². The first-order chi connectivity index (χ1) is 8.78. The molecule has 1 heterocycles. The molecule has 0 radical (unpaired) electrons. The maximum absolute atomic E-state index is 11.1. The third kappa shape index (κ3) is 3.56. The van der Waals surface area contributed by atoms with Gasteiger partial charge in [0.15, 0.2) is 0 Å². The standard InChI is InChI=1S/C13H19ClN4O/c1-7-10(14)16-12(8-4-5-8)17-11(7)18-13(2,3)6-9(15)19/h8H,4-6H2,1-3H3,(H2,15,19)(H,16,17,18). The highest BCUT2D eigenvalue weighted by Crippen LogP contribution is 2.39. The van der Waals surface area contributed by atoms with Crippen LogP contribution in [0.1, 0.15) is 50.4 Å². The van der Waals surface area contributed by atoms with E-state index in [-0.39, 0.29) is 12.3 Å². The molecule has 1 aromatic heterocycles. The van der Waals surface area contributed by atoms with Crippen molar-refractivity contribution in [3.63, 3.8) is 0 Å². The van der Waals surface area contributed by atoms with E-state index in [0.29, 0.717) is 16.9 Å². The van der Waals surface area contributed by atoms with Gasteiger partial charge < -0.3 is 11.1 Å². The lowest BCUT2D eigenvalue weighted by Gasteiger charge is -2.26. The summed E-state index contributed by atoms with van der Waals surface area (Å²) in [6, 6.07) is 0. The van der Waals surface area contributed by atoms with Gasteiger partial charge in [-0.05, 0) is 33.6 Å². The van der Waals surface area contributed by atoms with Crippen LogP contribution in [0.3, 0.4) is 0 Å². The summed E-state index contributed by atoms with van der Waals surface area (Å²) in [6.07, 6.45) is 2.46. The number of anilines is 1. The number of hydrogen-bond acceptors (Lipinski definition) is 4. The van der Waals surface area contributed by atoms with E-state index in [1.54, 1.807) is 0 Å². The fraction of sp³-hybridized carbons (Fsp3) is 0.615. The fourth-order valence-electron chi connectivity index (χ4n) is 1.95. The molecular formula is C13H19ClN4O. The van der Waals surface area contributed by atoms with Crippen molar-refractivity contribution in [1.29, 1.82) is 0 Å². The Balaban J connectivity index is 2.25. The predicted molar refractivity (Wildman–Crippen MR) is 75.3 cm³/mol. The number of nitrogens with zero attached hydrogens (tertiary/aromatic N) is 2. The Hall–Kier alpha value is -1.36. The number of carbonyl (C=O) groups is 1. The minimum absolute atomic E-state index is 0.229. The van der Waals surface area contributed by atoms with E-state index in [0.717, 1.165) is 24.2 Å². The fourth-order valence-corrected chi connectivity index (χ4v) is 2.13. The molecule has 1 saturated carbocycles. The van der Waals surface area contributed by atoms with Gasteiger partial charge in [0.1, 0.15) is 16.8 Å². The Kier molecular flexibility index (Phi) is 3.67. The van der Waals surface area contributed by atoms with Crippen LogP contribution < -0.4 is 11.1 Å². The van der Waals surface area contributed by atoms with Crippen LogP contribution in [0, 0.1) is 6.92 Å². The molecule has 2 rings (SSSR count). The van der Waals surface area contributed by atoms with Crippen LogP contribution >= 0.6 is 11.6 Å². The molecule has 104 valence electrons. The second-order valence-electron chi connectivity index (χ2n) is 5.77. The Morgan fingerprint density at radius 1 is 1.47 bits per heavy atom. The van der Waals surface area contributed by atoms with Crippen LogP contribution in [-0.2, 0) is 4.79 Å². The van der Waals surface area contributed by atoms with Crippen molar-refractivity contribution < 1.29 is 4.79 Å². The molecular weight excluding hydrogens is 264 g/mol. The van der Waals surface area contributed by atoms with Gasteiger partial charge in [0.2, 0.25) is 5.91 Å². The van der Waals surface area contributed by atoms with Crippen LogP contribution in [0.2, 0.25) is 5.15 Å². The van der Waals surface area contributed by atoms with Gasteiger partial charge in [0.25, 0.3) is 0 Å². The molecule has 1 aliphatic carbocycles. The predicted octanol–water partition coefficient (Wildman–Crippen LogP) is 2.38. The van der Waals surface area contributed by atoms with E-state index in [9.17, 15) is 4.79 Å². The summed E-state index contributed by atoms with van der Waals surface area (Å²) < 4.78 is 0. The van der Waals surface area contributed by atoms with Crippen molar-refractivity contribution in [3.8, 4) is 0 Å². The number of amides is 1. The summed E-state index contributed by atoms with van der Waals surface area (Å²) in [7, 11) is 0. The summed E-state index contributed by atoms with van der Waals surface area (Å²) in [5.41, 5.74) is 5.58. The SMILES string of the molecule is Cc1c(Cl)nc(C2CC2)nc1NC(C)(C)CC(N)=O. The van der Waals surface area contributed by atoms with Gasteiger partial charge in [0.05, 0.1) is 0 Å². The van der Waals surface area contributed by atoms with Crippen molar-refractivity contribution in [2.24, 2.45) is 5.73 Å². The second kappa shape index (κ2) is 4.96. The summed E-state index contributed by atoms with van der Waals surface area (Å²) in [6.45, 7) is 5.68. The Morgan fingerprint density at radius 2 is 2.11 bits per heavy atom. The van der Waals surface area contributed by atoms with Gasteiger partial charge in [-0.2, -0.15) is 0 Å². The summed E-state index contributed by atoms with van der Waals surface area (Å²) >= 11 is 6.14. The Morgan fingerprint density at radius 3 is 2.63 bits per heavy atom. The highest BCUT2D eigenvalue weighted by Gasteiger charge is 2.29. The molecule has 1 fully saturated rings. The van der Waals surface area contributed by atoms with E-state index in [2.05, 4.69) is 15.3 Å². The lowest BCUT2D eigenvalue weighted by atomic mass is 10.00. The molecule has 6 heteroatoms. The van der Waals surface area contributed by atoms with Crippen LogP contribution in [-0.4, -0.2) is 21.4 Å². The zero-order valence-electron chi connectivity index (χ0n) is 11.5. The highest BCUT2D eigenvalue weighted by molar-refractivity contribution is 6.30. The lowest BCUT2D eigenvalue weighted by molar-refractivity contribution is -0.118. The maximum atomic E-state index is 11.1. The van der Waals surface area contributed by atoms with Crippen LogP contribution in [0.25, 0.3) is 0 Å². The minimum Gasteiger partial charge on any atom is -0.370 e. The Labute approximate surface area is 118 Å². The molecule has 0 spiro atoms. The third-order valence-electron chi connectivity index (χ3n) is 3.12. The first-order valence-electron chi connectivity index (χ1n) is 6.39. The molecule has 0 aliphatic heterocycles. The van der Waals surface area contributed by atoms with E-state index in [1.165, 1.54) is 0 Å². The second-order valence-corrected chi connectivity index (χ2v) is 6.13. The van der Waals surface area contributed by atoms with Crippen molar-refractivity contribution in [2.75, 3.05) is 5.32 Å². The van der Waals surface area contributed by atoms with Gasteiger partial charge in [-0.1, -0.05) is 11.6 Å². The number of halogens is 1. The monoisotopic (exact) mass is 282 g/mol. The van der Waals surface area contributed by atoms with Gasteiger partial charge in [-0.3, -0.25) is 4.79 Å². The maximum Gasteiger partial charge on any atom is 0.219 e. The first kappa shape index (κ1) is 14.1. The minimum atomic E-state index is -0.463. The van der Waals surface area contributed by atoms with Gasteiger partial charge in [-0.15, -0.1) is 0 Å². The van der Waals surface area contributed by atoms with E-state index in [1.807, 2.05) is 20.8 Å². The summed E-state index contributed by atoms with van der Waals surface area (Å²) in [5, 5.41) is 3.71. The van der Waals surface area contributed by atoms with Crippen LogP contribution in [0.4, 0.5) is 5.82 Å². The van der Waals surface area contributed by atoms with Gasteiger partial charge in [-0.25, -0.2) is 9.97 Å². The molecule has 0 saturated heterocycles. The van der Waals surface area contributed by atoms with E-state index < -0.39 is 5.54 Å². The van der Waals surface area contributed by atoms with Crippen molar-refractivity contribution in [3.05, 3.63) is 16.5 Å². The Bertz CT molecular complexity index is 512. The van der Waals surface area contributed by atoms with Crippen molar-refractivity contribution in [2.45, 2.75) is 51.5 Å². The first-order valence-corrected chi connectivity index (χ1v) is 6.77. The molecule has 3 N–H and O–H groups in total. The largest absolute Gasteiger partial charge is 0.370 e. The molecule has 0 bridgehead atoms. The molecule has 1 amide bonds. The average Bonchev–Trinajstić information content (AvgIpc) is 3.05. The quantitative estimate of drug-likeness (QED) is 0.813. The molecule has 1 aliphatic rings. The van der Waals surface area contributed by atoms with Gasteiger partial charge >= 0.3 is 0 Å². The molecule has 5 nitrogen and oxygen atoms in total. The third-order valence-corrected chi connectivity index (χ3v) is 3.49. The zero-order chi connectivity index (χ0) is 14.2. The smallest absolute Gasteiger partial charge is 0.219 e. The normalized spacial score (nSPS) is 15.4. The average molecular weight is 283 g/mol. The number of primary amides is 1. The molecule has 0 unspecified atom stereocenters. The molecule has 0 aromatic carbocycles. The number of aromatic nitrogens is 2. The van der Waals surface area contributed by atoms with E-state index >= 15 is 0 Å². The summed E-state index contributed by atoms with van der Waals surface area (Å²) in [4.78, 5) is 19.9. The number of hydrogen-bond donors (Lipinski definition) is 2. The zero-order valence-corrected chi connectivity index (χ0v) is 12.2. The molecule has 0 atom stereocenters. The topological polar surface area (TPSA) is 80.9 Å². The number of carbonyl (C=O) groups excluding carboxylic acids is 1. The highest BCUT2D eigenvalue weighted by atomic mass is 35.5. The van der Waals surface area contributed by atoms with Gasteiger partial charge in [0, 0.05) is 23.4 Å². The van der Waals surface area contributed by atoms with Crippen LogP contribution in [0.5, 0.6) is 0 Å². The number of nitrogens with two attached hydrogens (primary N) is 1. The molecule has 1 aromatic rings. The number of rotatable bonds is 5. The van der Waals surface area contributed by atoms with Crippen molar-refractivity contribution in [1.82, 2.24) is 9.97 Å². The number of nitrogens with one attached hydrogen (secondary N) is 1. The molecule has 19 heavy (non-hydrogen) atoms. The summed E-state index contributed by atoms with van der Waals surface area (Å²) in [5.74, 6) is 1.55. The van der Waals surface area contributed by atoms with Crippen LogP contribution in [0.15, 0.2) is 0 Å². The lowest BCUT2D eigenvalue weighted by Crippen LogP contribution is -2.36. The van der Waals surface area contributed by atoms with E-state index in [4.69, 9.17) is 17.3 Å².